The zero-order chi connectivity index (χ0) is 18.9. The zero-order valence-corrected chi connectivity index (χ0v) is 15.1. The Hall–Kier alpha value is -2.87. The minimum Gasteiger partial charge on any atom is -0.376 e. The quantitative estimate of drug-likeness (QED) is 0.751. The van der Waals surface area contributed by atoms with Crippen LogP contribution in [0.25, 0.3) is 0 Å². The molecule has 0 radical (unpaired) electrons. The van der Waals surface area contributed by atoms with Crippen LogP contribution < -0.4 is 5.32 Å². The molecule has 1 aliphatic rings. The molecular weight excluding hydrogens is 346 g/mol. The van der Waals surface area contributed by atoms with Gasteiger partial charge in [-0.1, -0.05) is 6.07 Å². The summed E-state index contributed by atoms with van der Waals surface area (Å²) in [5.74, 6) is -0.374. The summed E-state index contributed by atoms with van der Waals surface area (Å²) in [6, 6.07) is 5.55. The molecule has 142 valence electrons. The van der Waals surface area contributed by atoms with Crippen molar-refractivity contribution in [1.82, 2.24) is 25.2 Å². The van der Waals surface area contributed by atoms with Crippen LogP contribution in [0, 0.1) is 0 Å². The molecule has 1 fully saturated rings. The fraction of sp³-hybridized carbons (Fsp3) is 0.421. The zero-order valence-electron chi connectivity index (χ0n) is 15.1. The highest BCUT2D eigenvalue weighted by Gasteiger charge is 2.24. The molecule has 2 aromatic heterocycles. The molecule has 0 aromatic carbocycles. The highest BCUT2D eigenvalue weighted by molar-refractivity contribution is 5.92. The van der Waals surface area contributed by atoms with Gasteiger partial charge in [0.1, 0.15) is 5.69 Å². The van der Waals surface area contributed by atoms with Gasteiger partial charge in [0.2, 0.25) is 5.91 Å². The Morgan fingerprint density at radius 3 is 2.85 bits per heavy atom. The van der Waals surface area contributed by atoms with Crippen LogP contribution in [0.2, 0.25) is 0 Å². The lowest BCUT2D eigenvalue weighted by Crippen LogP contribution is -2.40. The van der Waals surface area contributed by atoms with Crippen LogP contribution in [-0.4, -0.2) is 57.5 Å². The Morgan fingerprint density at radius 2 is 2.15 bits per heavy atom. The van der Waals surface area contributed by atoms with Crippen molar-refractivity contribution in [2.75, 3.05) is 19.7 Å². The van der Waals surface area contributed by atoms with Gasteiger partial charge in [0.15, 0.2) is 0 Å². The number of nitrogens with one attached hydrogen (secondary N) is 1. The van der Waals surface area contributed by atoms with Crippen LogP contribution in [0.3, 0.4) is 0 Å². The number of rotatable bonds is 8. The topological polar surface area (TPSA) is 97.3 Å². The van der Waals surface area contributed by atoms with Crippen LogP contribution in [-0.2, 0) is 16.1 Å². The van der Waals surface area contributed by atoms with Crippen molar-refractivity contribution in [1.29, 1.82) is 0 Å². The number of carbonyl (C=O) groups excluding carboxylic acids is 2. The molecule has 8 heteroatoms. The molecule has 0 saturated carbocycles. The lowest BCUT2D eigenvalue weighted by Gasteiger charge is -2.25. The van der Waals surface area contributed by atoms with Crippen molar-refractivity contribution in [3.63, 3.8) is 0 Å². The standard InChI is InChI=1S/C19H23N5O3/c25-18(23-12-15-4-1-2-7-21-15)6-10-24(14-16-5-3-11-27-16)19(26)17-13-20-8-9-22-17/h1-2,4,7-9,13,16H,3,5-6,10-12,14H2,(H,23,25). The van der Waals surface area contributed by atoms with Gasteiger partial charge in [-0.25, -0.2) is 4.98 Å². The number of nitrogens with zero attached hydrogens (tertiary/aromatic N) is 4. The second-order valence-electron chi connectivity index (χ2n) is 6.32. The third-order valence-electron chi connectivity index (χ3n) is 4.32. The molecule has 1 unspecified atom stereocenters. The Kier molecular flexibility index (Phi) is 6.81. The second-order valence-corrected chi connectivity index (χ2v) is 6.32. The third-order valence-corrected chi connectivity index (χ3v) is 4.32. The van der Waals surface area contributed by atoms with Gasteiger partial charge in [0, 0.05) is 44.7 Å². The molecule has 1 saturated heterocycles. The molecule has 1 N–H and O–H groups in total. The summed E-state index contributed by atoms with van der Waals surface area (Å²) in [6.07, 6.45) is 8.23. The Labute approximate surface area is 158 Å². The van der Waals surface area contributed by atoms with E-state index in [4.69, 9.17) is 4.74 Å². The minimum absolute atomic E-state index is 0.00204. The molecule has 1 aliphatic heterocycles. The molecule has 2 amide bonds. The number of pyridine rings is 1. The minimum atomic E-state index is -0.240. The van der Waals surface area contributed by atoms with Gasteiger partial charge < -0.3 is 15.0 Å². The predicted molar refractivity (Wildman–Crippen MR) is 97.6 cm³/mol. The van der Waals surface area contributed by atoms with Gasteiger partial charge in [-0.2, -0.15) is 0 Å². The van der Waals surface area contributed by atoms with Gasteiger partial charge in [0.05, 0.1) is 24.5 Å². The highest BCUT2D eigenvalue weighted by Crippen LogP contribution is 2.15. The second kappa shape index (κ2) is 9.72. The van der Waals surface area contributed by atoms with Crippen molar-refractivity contribution in [2.45, 2.75) is 31.9 Å². The predicted octanol–water partition coefficient (Wildman–Crippen LogP) is 1.20. The molecule has 0 spiro atoms. The van der Waals surface area contributed by atoms with E-state index in [1.807, 2.05) is 18.2 Å². The maximum absolute atomic E-state index is 12.8. The number of carbonyl (C=O) groups is 2. The first-order chi connectivity index (χ1) is 13.2. The first-order valence-corrected chi connectivity index (χ1v) is 9.06. The van der Waals surface area contributed by atoms with Gasteiger partial charge >= 0.3 is 0 Å². The van der Waals surface area contributed by atoms with Crippen molar-refractivity contribution in [2.24, 2.45) is 0 Å². The van der Waals surface area contributed by atoms with Gasteiger partial charge in [-0.3, -0.25) is 19.6 Å². The van der Waals surface area contributed by atoms with E-state index >= 15 is 0 Å². The lowest BCUT2D eigenvalue weighted by molar-refractivity contribution is -0.121. The first-order valence-electron chi connectivity index (χ1n) is 9.06. The Bertz CT molecular complexity index is 736. The molecule has 0 bridgehead atoms. The van der Waals surface area contributed by atoms with Gasteiger partial charge in [0.25, 0.3) is 5.91 Å². The monoisotopic (exact) mass is 369 g/mol. The van der Waals surface area contributed by atoms with E-state index in [2.05, 4.69) is 20.3 Å². The number of amides is 2. The maximum atomic E-state index is 12.8. The lowest BCUT2D eigenvalue weighted by atomic mass is 10.2. The Balaban J connectivity index is 1.55. The maximum Gasteiger partial charge on any atom is 0.274 e. The average Bonchev–Trinajstić information content (AvgIpc) is 3.23. The normalized spacial score (nSPS) is 16.1. The van der Waals surface area contributed by atoms with Crippen LogP contribution in [0.15, 0.2) is 43.0 Å². The van der Waals surface area contributed by atoms with Crippen LogP contribution >= 0.6 is 0 Å². The molecule has 2 aromatic rings. The number of aromatic nitrogens is 3. The number of hydrogen-bond acceptors (Lipinski definition) is 6. The molecule has 27 heavy (non-hydrogen) atoms. The summed E-state index contributed by atoms with van der Waals surface area (Å²) < 4.78 is 5.64. The van der Waals surface area contributed by atoms with E-state index in [0.717, 1.165) is 18.5 Å². The van der Waals surface area contributed by atoms with Gasteiger partial charge in [-0.15, -0.1) is 0 Å². The van der Waals surface area contributed by atoms with Crippen molar-refractivity contribution < 1.29 is 14.3 Å². The van der Waals surface area contributed by atoms with E-state index < -0.39 is 0 Å². The molecular formula is C19H23N5O3. The highest BCUT2D eigenvalue weighted by atomic mass is 16.5. The average molecular weight is 369 g/mol. The summed E-state index contributed by atoms with van der Waals surface area (Å²) >= 11 is 0. The first kappa shape index (κ1) is 18.9. The van der Waals surface area contributed by atoms with Crippen LogP contribution in [0.5, 0.6) is 0 Å². The largest absolute Gasteiger partial charge is 0.376 e. The summed E-state index contributed by atoms with van der Waals surface area (Å²) in [4.78, 5) is 38.8. The van der Waals surface area contributed by atoms with E-state index in [9.17, 15) is 9.59 Å². The van der Waals surface area contributed by atoms with Crippen molar-refractivity contribution in [3.05, 3.63) is 54.4 Å². The van der Waals surface area contributed by atoms with E-state index in [0.29, 0.717) is 26.2 Å². The summed E-state index contributed by atoms with van der Waals surface area (Å²) in [5.41, 5.74) is 1.06. The molecule has 3 rings (SSSR count). The summed E-state index contributed by atoms with van der Waals surface area (Å²) in [6.45, 7) is 1.82. The van der Waals surface area contributed by atoms with Crippen molar-refractivity contribution >= 4 is 11.8 Å². The molecule has 3 heterocycles. The van der Waals surface area contributed by atoms with E-state index in [-0.39, 0.29) is 30.0 Å². The molecule has 0 aliphatic carbocycles. The third kappa shape index (κ3) is 5.82. The van der Waals surface area contributed by atoms with E-state index in [1.165, 1.54) is 18.6 Å². The Morgan fingerprint density at radius 1 is 1.22 bits per heavy atom. The summed E-state index contributed by atoms with van der Waals surface area (Å²) in [7, 11) is 0. The van der Waals surface area contributed by atoms with Crippen molar-refractivity contribution in [3.8, 4) is 0 Å². The fourth-order valence-corrected chi connectivity index (χ4v) is 2.90. The fourth-order valence-electron chi connectivity index (χ4n) is 2.90. The number of ether oxygens (including phenoxy) is 1. The van der Waals surface area contributed by atoms with E-state index in [1.54, 1.807) is 11.1 Å². The smallest absolute Gasteiger partial charge is 0.274 e. The SMILES string of the molecule is O=C(CCN(CC1CCCO1)C(=O)c1cnccn1)NCc1ccccn1. The van der Waals surface area contributed by atoms with Gasteiger partial charge in [-0.05, 0) is 25.0 Å². The summed E-state index contributed by atoms with van der Waals surface area (Å²) in [5, 5.41) is 2.83. The number of hydrogen-bond donors (Lipinski definition) is 1. The molecule has 1 atom stereocenters. The molecule has 8 nitrogen and oxygen atoms in total. The van der Waals surface area contributed by atoms with Crippen LogP contribution in [0.1, 0.15) is 35.4 Å². The van der Waals surface area contributed by atoms with Crippen LogP contribution in [0.4, 0.5) is 0 Å².